The third-order valence-corrected chi connectivity index (χ3v) is 4.79. The molecule has 0 heterocycles. The minimum Gasteiger partial charge on any atom is -0.0893 e. The fourth-order valence-electron chi connectivity index (χ4n) is 2.95. The molecule has 2 bridgehead atoms. The highest BCUT2D eigenvalue weighted by atomic mass is 32.1. The van der Waals surface area contributed by atoms with Crippen molar-refractivity contribution in [2.24, 2.45) is 16.7 Å². The molecule has 0 aliphatic heterocycles. The first-order chi connectivity index (χ1) is 4.97. The summed E-state index contributed by atoms with van der Waals surface area (Å²) < 4.78 is 0. The van der Waals surface area contributed by atoms with Gasteiger partial charge in [-0.1, -0.05) is 33.0 Å². The molecule has 2 fully saturated rings. The minimum absolute atomic E-state index is 0.490. The Labute approximate surface area is 74.4 Å². The molecule has 0 aromatic carbocycles. The second-order valence-corrected chi connectivity index (χ2v) is 5.54. The molecule has 0 amide bonds. The van der Waals surface area contributed by atoms with E-state index in [0.29, 0.717) is 10.8 Å². The predicted molar refractivity (Wildman–Crippen MR) is 51.8 cm³/mol. The zero-order valence-corrected chi connectivity index (χ0v) is 8.42. The second-order valence-electron chi connectivity index (χ2n) is 5.02. The van der Waals surface area contributed by atoms with E-state index >= 15 is 0 Å². The SMILES string of the molecule is CC1(C)[C@H]2CC[C@@]1(C)CC2=S. The van der Waals surface area contributed by atoms with Crippen LogP contribution >= 0.6 is 12.2 Å². The van der Waals surface area contributed by atoms with Gasteiger partial charge in [-0.25, -0.2) is 0 Å². The predicted octanol–water partition coefficient (Wildman–Crippen LogP) is 3.20. The van der Waals surface area contributed by atoms with Crippen molar-refractivity contribution < 1.29 is 0 Å². The third-order valence-electron chi connectivity index (χ3n) is 4.36. The van der Waals surface area contributed by atoms with Gasteiger partial charge in [0.25, 0.3) is 0 Å². The highest BCUT2D eigenvalue weighted by Gasteiger charge is 2.58. The van der Waals surface area contributed by atoms with Crippen LogP contribution in [0.1, 0.15) is 40.0 Å². The summed E-state index contributed by atoms with van der Waals surface area (Å²) in [5.41, 5.74) is 1.03. The van der Waals surface area contributed by atoms with Crippen LogP contribution in [-0.2, 0) is 0 Å². The van der Waals surface area contributed by atoms with Crippen LogP contribution in [0.4, 0.5) is 0 Å². The lowest BCUT2D eigenvalue weighted by Gasteiger charge is -2.33. The largest absolute Gasteiger partial charge is 0.0893 e. The molecule has 2 atom stereocenters. The molecule has 0 unspecified atom stereocenters. The molecule has 2 aliphatic rings. The van der Waals surface area contributed by atoms with Crippen LogP contribution in [-0.4, -0.2) is 4.86 Å². The number of thiocarbonyl (C=S) groups is 1. The monoisotopic (exact) mass is 168 g/mol. The van der Waals surface area contributed by atoms with Crippen molar-refractivity contribution >= 4 is 17.1 Å². The lowest BCUT2D eigenvalue weighted by atomic mass is 9.71. The number of hydrogen-bond donors (Lipinski definition) is 0. The Bertz CT molecular complexity index is 214. The Morgan fingerprint density at radius 1 is 1.36 bits per heavy atom. The number of hydrogen-bond acceptors (Lipinski definition) is 1. The van der Waals surface area contributed by atoms with E-state index in [-0.39, 0.29) is 0 Å². The molecule has 2 saturated carbocycles. The van der Waals surface area contributed by atoms with Gasteiger partial charge in [0.2, 0.25) is 0 Å². The summed E-state index contributed by atoms with van der Waals surface area (Å²) in [6.07, 6.45) is 3.95. The number of fused-ring (bicyclic) bond motifs is 2. The van der Waals surface area contributed by atoms with E-state index < -0.39 is 0 Å². The molecule has 0 radical (unpaired) electrons. The van der Waals surface area contributed by atoms with E-state index in [9.17, 15) is 0 Å². The topological polar surface area (TPSA) is 0 Å². The third kappa shape index (κ3) is 0.729. The zero-order valence-electron chi connectivity index (χ0n) is 7.61. The molecule has 0 N–H and O–H groups in total. The van der Waals surface area contributed by atoms with Crippen molar-refractivity contribution in [1.82, 2.24) is 0 Å². The van der Waals surface area contributed by atoms with Gasteiger partial charge in [-0.15, -0.1) is 0 Å². The van der Waals surface area contributed by atoms with E-state index in [0.717, 1.165) is 5.92 Å². The van der Waals surface area contributed by atoms with Gasteiger partial charge < -0.3 is 0 Å². The van der Waals surface area contributed by atoms with Crippen molar-refractivity contribution in [3.63, 3.8) is 0 Å². The maximum absolute atomic E-state index is 5.39. The summed E-state index contributed by atoms with van der Waals surface area (Å²) in [5.74, 6) is 0.752. The summed E-state index contributed by atoms with van der Waals surface area (Å²) in [6.45, 7) is 7.19. The smallest absolute Gasteiger partial charge is 0.00294 e. The van der Waals surface area contributed by atoms with Crippen LogP contribution in [0.3, 0.4) is 0 Å². The second kappa shape index (κ2) is 1.87. The molecule has 0 spiro atoms. The lowest BCUT2D eigenvalue weighted by Crippen LogP contribution is -2.26. The first-order valence-corrected chi connectivity index (χ1v) is 4.91. The summed E-state index contributed by atoms with van der Waals surface area (Å²) in [6, 6.07) is 0. The molecule has 0 aromatic rings. The van der Waals surface area contributed by atoms with Crippen molar-refractivity contribution in [2.75, 3.05) is 0 Å². The van der Waals surface area contributed by atoms with Crippen molar-refractivity contribution in [1.29, 1.82) is 0 Å². The average molecular weight is 168 g/mol. The standard InChI is InChI=1S/C10H16S/c1-9(2)7-4-5-10(9,3)6-8(7)11/h7H,4-6H2,1-3H3/t7-,10-/m0/s1. The molecule has 1 heteroatoms. The van der Waals surface area contributed by atoms with Crippen LogP contribution in [0.15, 0.2) is 0 Å². The van der Waals surface area contributed by atoms with E-state index in [1.165, 1.54) is 24.1 Å². The fraction of sp³-hybridized carbons (Fsp3) is 0.900. The first kappa shape index (κ1) is 7.72. The van der Waals surface area contributed by atoms with Gasteiger partial charge in [-0.3, -0.25) is 0 Å². The molecule has 62 valence electrons. The summed E-state index contributed by atoms with van der Waals surface area (Å²) in [4.78, 5) is 1.35. The van der Waals surface area contributed by atoms with Crippen molar-refractivity contribution in [3.05, 3.63) is 0 Å². The van der Waals surface area contributed by atoms with Crippen LogP contribution in [0.5, 0.6) is 0 Å². The van der Waals surface area contributed by atoms with E-state index in [2.05, 4.69) is 20.8 Å². The molecule has 0 nitrogen and oxygen atoms in total. The van der Waals surface area contributed by atoms with Gasteiger partial charge in [0, 0.05) is 0 Å². The molecular formula is C10H16S. The molecular weight excluding hydrogens is 152 g/mol. The number of rotatable bonds is 0. The zero-order chi connectivity index (χ0) is 8.28. The van der Waals surface area contributed by atoms with Gasteiger partial charge in [-0.05, 0) is 40.9 Å². The molecule has 11 heavy (non-hydrogen) atoms. The Morgan fingerprint density at radius 2 is 2.00 bits per heavy atom. The van der Waals surface area contributed by atoms with Gasteiger partial charge in [0.15, 0.2) is 0 Å². The van der Waals surface area contributed by atoms with E-state index in [1.54, 1.807) is 0 Å². The molecule has 0 saturated heterocycles. The van der Waals surface area contributed by atoms with Crippen LogP contribution < -0.4 is 0 Å². The maximum atomic E-state index is 5.39. The Hall–Kier alpha value is 0.0900. The van der Waals surface area contributed by atoms with Gasteiger partial charge >= 0.3 is 0 Å². The summed E-state index contributed by atoms with van der Waals surface area (Å²) in [7, 11) is 0. The summed E-state index contributed by atoms with van der Waals surface area (Å²) in [5, 5.41) is 0. The highest BCUT2D eigenvalue weighted by Crippen LogP contribution is 2.64. The highest BCUT2D eigenvalue weighted by molar-refractivity contribution is 7.80. The first-order valence-electron chi connectivity index (χ1n) is 4.50. The van der Waals surface area contributed by atoms with Crippen LogP contribution in [0.2, 0.25) is 0 Å². The molecule has 2 aliphatic carbocycles. The van der Waals surface area contributed by atoms with Gasteiger partial charge in [0.05, 0.1) is 0 Å². The normalized spacial score (nSPS) is 46.8. The van der Waals surface area contributed by atoms with Gasteiger partial charge in [-0.2, -0.15) is 0 Å². The van der Waals surface area contributed by atoms with Gasteiger partial charge in [0.1, 0.15) is 0 Å². The average Bonchev–Trinajstić information content (AvgIpc) is 2.13. The van der Waals surface area contributed by atoms with E-state index in [4.69, 9.17) is 12.2 Å². The minimum atomic E-state index is 0.490. The molecule has 0 aromatic heterocycles. The quantitative estimate of drug-likeness (QED) is 0.500. The van der Waals surface area contributed by atoms with E-state index in [1.807, 2.05) is 0 Å². The Balaban J connectivity index is 2.45. The van der Waals surface area contributed by atoms with Crippen molar-refractivity contribution in [3.8, 4) is 0 Å². The Morgan fingerprint density at radius 3 is 2.18 bits per heavy atom. The Kier molecular flexibility index (Phi) is 1.32. The fourth-order valence-corrected chi connectivity index (χ4v) is 3.68. The van der Waals surface area contributed by atoms with Crippen LogP contribution in [0.25, 0.3) is 0 Å². The maximum Gasteiger partial charge on any atom is -0.00294 e. The van der Waals surface area contributed by atoms with Crippen LogP contribution in [0, 0.1) is 16.7 Å². The van der Waals surface area contributed by atoms with Crippen molar-refractivity contribution in [2.45, 2.75) is 40.0 Å². The summed E-state index contributed by atoms with van der Waals surface area (Å²) >= 11 is 5.39. The molecule has 2 rings (SSSR count). The lowest BCUT2D eigenvalue weighted by molar-refractivity contribution is 0.152.